The van der Waals surface area contributed by atoms with Crippen molar-refractivity contribution in [3.05, 3.63) is 28.7 Å². The van der Waals surface area contributed by atoms with E-state index < -0.39 is 20.5 Å². The molecule has 1 aromatic carbocycles. The van der Waals surface area contributed by atoms with Crippen molar-refractivity contribution in [2.75, 3.05) is 13.1 Å². The summed E-state index contributed by atoms with van der Waals surface area (Å²) in [5, 5.41) is 2.51. The van der Waals surface area contributed by atoms with E-state index in [0.29, 0.717) is 0 Å². The molecule has 0 aliphatic rings. The van der Waals surface area contributed by atoms with Crippen LogP contribution in [0.3, 0.4) is 0 Å². The smallest absolute Gasteiger partial charge is 0.241 e. The Morgan fingerprint density at radius 1 is 1.32 bits per heavy atom. The fraction of sp³-hybridized carbons (Fsp3) is 0.417. The number of benzene rings is 1. The summed E-state index contributed by atoms with van der Waals surface area (Å²) < 4.78 is 24.2. The van der Waals surface area contributed by atoms with Crippen molar-refractivity contribution < 1.29 is 13.2 Å². The molecule has 0 atom stereocenters. The molecule has 19 heavy (non-hydrogen) atoms. The fourth-order valence-corrected chi connectivity index (χ4v) is 3.09. The molecule has 0 bridgehead atoms. The predicted molar refractivity (Wildman–Crippen MR) is 77.5 cm³/mol. The van der Waals surface area contributed by atoms with Gasteiger partial charge in [-0.15, -0.1) is 0 Å². The molecule has 0 aromatic heterocycles. The van der Waals surface area contributed by atoms with Crippen LogP contribution in [0.25, 0.3) is 0 Å². The first-order valence-corrected chi connectivity index (χ1v) is 7.99. The highest BCUT2D eigenvalue weighted by atomic mass is 79.9. The van der Waals surface area contributed by atoms with Gasteiger partial charge in [0.25, 0.3) is 0 Å². The highest BCUT2D eigenvalue weighted by molar-refractivity contribution is 9.10. The Kier molecular flexibility index (Phi) is 5.11. The summed E-state index contributed by atoms with van der Waals surface area (Å²) in [5.41, 5.74) is 5.29. The van der Waals surface area contributed by atoms with Gasteiger partial charge in [0, 0.05) is 17.6 Å². The van der Waals surface area contributed by atoms with Crippen LogP contribution in [0.1, 0.15) is 13.8 Å². The van der Waals surface area contributed by atoms with Crippen LogP contribution in [0.4, 0.5) is 0 Å². The number of rotatable bonds is 5. The lowest BCUT2D eigenvalue weighted by atomic mass is 10.2. The van der Waals surface area contributed by atoms with Crippen molar-refractivity contribution in [1.82, 2.24) is 5.32 Å². The Bertz CT molecular complexity index is 553. The van der Waals surface area contributed by atoms with E-state index in [-0.39, 0.29) is 18.0 Å². The minimum absolute atomic E-state index is 0.114. The number of hydrogen-bond acceptors (Lipinski definition) is 4. The number of halogens is 1. The van der Waals surface area contributed by atoms with E-state index in [4.69, 9.17) is 5.73 Å². The lowest BCUT2D eigenvalue weighted by molar-refractivity contribution is -0.122. The Morgan fingerprint density at radius 2 is 1.84 bits per heavy atom. The molecule has 0 fully saturated rings. The molecule has 0 heterocycles. The molecule has 0 aliphatic heterocycles. The summed E-state index contributed by atoms with van der Waals surface area (Å²) in [7, 11) is -3.76. The van der Waals surface area contributed by atoms with Gasteiger partial charge < -0.3 is 11.1 Å². The first-order chi connectivity index (χ1) is 8.73. The molecular weight excluding hydrogens is 332 g/mol. The first-order valence-electron chi connectivity index (χ1n) is 5.72. The van der Waals surface area contributed by atoms with Crippen LogP contribution in [0.5, 0.6) is 0 Å². The largest absolute Gasteiger partial charge is 0.353 e. The maximum Gasteiger partial charge on any atom is 0.241 e. The zero-order chi connectivity index (χ0) is 14.7. The normalized spacial score (nSPS) is 12.2. The van der Waals surface area contributed by atoms with Gasteiger partial charge in [-0.3, -0.25) is 4.79 Å². The second kappa shape index (κ2) is 6.02. The zero-order valence-corrected chi connectivity index (χ0v) is 13.2. The number of nitrogens with one attached hydrogen (secondary N) is 1. The van der Waals surface area contributed by atoms with Crippen LogP contribution in [0, 0.1) is 0 Å². The first kappa shape index (κ1) is 16.1. The highest BCUT2D eigenvalue weighted by Gasteiger charge is 2.42. The van der Waals surface area contributed by atoms with Crippen molar-refractivity contribution in [1.29, 1.82) is 0 Å². The average molecular weight is 349 g/mol. The topological polar surface area (TPSA) is 89.3 Å². The van der Waals surface area contributed by atoms with Crippen LogP contribution in [-0.4, -0.2) is 32.2 Å². The predicted octanol–water partition coefficient (Wildman–Crippen LogP) is 1.08. The van der Waals surface area contributed by atoms with Gasteiger partial charge in [-0.2, -0.15) is 0 Å². The Hall–Kier alpha value is -0.920. The fourth-order valence-electron chi connectivity index (χ4n) is 1.43. The van der Waals surface area contributed by atoms with Gasteiger partial charge in [-0.1, -0.05) is 15.9 Å². The summed E-state index contributed by atoms with van der Waals surface area (Å²) in [6.07, 6.45) is 0. The van der Waals surface area contributed by atoms with Crippen LogP contribution in [0.2, 0.25) is 0 Å². The van der Waals surface area contributed by atoms with Crippen molar-refractivity contribution in [3.63, 3.8) is 0 Å². The van der Waals surface area contributed by atoms with Gasteiger partial charge >= 0.3 is 0 Å². The Balaban J connectivity index is 3.11. The highest BCUT2D eigenvalue weighted by Crippen LogP contribution is 2.26. The number of carbonyl (C=O) groups excluding carboxylic acids is 1. The third-order valence-electron chi connectivity index (χ3n) is 2.77. The molecule has 0 radical (unpaired) electrons. The molecule has 1 rings (SSSR count). The Labute approximate surface area is 121 Å². The summed E-state index contributed by atoms with van der Waals surface area (Å²) in [4.78, 5) is 12.1. The molecule has 3 N–H and O–H groups in total. The Morgan fingerprint density at radius 3 is 2.32 bits per heavy atom. The molecule has 1 amide bonds. The second-order valence-electron chi connectivity index (χ2n) is 4.51. The summed E-state index contributed by atoms with van der Waals surface area (Å²) in [6, 6.07) is 6.19. The third kappa shape index (κ3) is 3.34. The summed E-state index contributed by atoms with van der Waals surface area (Å²) in [6.45, 7) is 3.28. The zero-order valence-electron chi connectivity index (χ0n) is 10.8. The number of amides is 1. The molecule has 0 aliphatic carbocycles. The molecule has 106 valence electrons. The van der Waals surface area contributed by atoms with E-state index in [0.717, 1.165) is 4.47 Å². The number of carbonyl (C=O) groups is 1. The lowest BCUT2D eigenvalue weighted by Gasteiger charge is -2.23. The van der Waals surface area contributed by atoms with Crippen molar-refractivity contribution in [2.45, 2.75) is 23.5 Å². The standard InChI is InChI=1S/C12H17BrN2O3S/c1-12(2,11(16)15-8-7-14)19(17,18)10-5-3-9(13)4-6-10/h3-6H,7-8,14H2,1-2H3,(H,15,16). The average Bonchev–Trinajstić information content (AvgIpc) is 2.36. The van der Waals surface area contributed by atoms with Crippen molar-refractivity contribution in [3.8, 4) is 0 Å². The maximum absolute atomic E-state index is 12.5. The van der Waals surface area contributed by atoms with Gasteiger partial charge in [0.2, 0.25) is 5.91 Å². The molecule has 0 saturated heterocycles. The van der Waals surface area contributed by atoms with E-state index in [1.807, 2.05) is 0 Å². The van der Waals surface area contributed by atoms with Crippen LogP contribution in [0.15, 0.2) is 33.6 Å². The monoisotopic (exact) mass is 348 g/mol. The van der Waals surface area contributed by atoms with Crippen molar-refractivity contribution in [2.24, 2.45) is 5.73 Å². The molecule has 1 aromatic rings. The van der Waals surface area contributed by atoms with E-state index in [2.05, 4.69) is 21.2 Å². The van der Waals surface area contributed by atoms with Crippen molar-refractivity contribution >= 4 is 31.7 Å². The maximum atomic E-state index is 12.5. The van der Waals surface area contributed by atoms with Gasteiger partial charge in [0.05, 0.1) is 4.90 Å². The molecule has 0 spiro atoms. The molecule has 0 unspecified atom stereocenters. The van der Waals surface area contributed by atoms with Gasteiger partial charge in [0.15, 0.2) is 9.84 Å². The quantitative estimate of drug-likeness (QED) is 0.832. The van der Waals surface area contributed by atoms with Gasteiger partial charge in [-0.05, 0) is 38.1 Å². The van der Waals surface area contributed by atoms with E-state index in [9.17, 15) is 13.2 Å². The molecular formula is C12H17BrN2O3S. The van der Waals surface area contributed by atoms with Gasteiger partial charge in [0.1, 0.15) is 4.75 Å². The minimum Gasteiger partial charge on any atom is -0.353 e. The third-order valence-corrected chi connectivity index (χ3v) is 5.72. The SMILES string of the molecule is CC(C)(C(=O)NCCN)S(=O)(=O)c1ccc(Br)cc1. The second-order valence-corrected chi connectivity index (χ2v) is 7.93. The molecule has 5 nitrogen and oxygen atoms in total. The van der Waals surface area contributed by atoms with Crippen LogP contribution >= 0.6 is 15.9 Å². The minimum atomic E-state index is -3.76. The lowest BCUT2D eigenvalue weighted by Crippen LogP contribution is -2.49. The van der Waals surface area contributed by atoms with Crippen LogP contribution in [-0.2, 0) is 14.6 Å². The summed E-state index contributed by atoms with van der Waals surface area (Å²) in [5.74, 6) is -0.555. The number of sulfone groups is 1. The van der Waals surface area contributed by atoms with E-state index in [1.54, 1.807) is 12.1 Å². The molecule has 0 saturated carbocycles. The van der Waals surface area contributed by atoms with E-state index in [1.165, 1.54) is 26.0 Å². The summed E-state index contributed by atoms with van der Waals surface area (Å²) >= 11 is 3.24. The number of nitrogens with two attached hydrogens (primary N) is 1. The van der Waals surface area contributed by atoms with Gasteiger partial charge in [-0.25, -0.2) is 8.42 Å². The number of hydrogen-bond donors (Lipinski definition) is 2. The molecule has 7 heteroatoms. The van der Waals surface area contributed by atoms with Crippen LogP contribution < -0.4 is 11.1 Å². The van der Waals surface area contributed by atoms with E-state index >= 15 is 0 Å².